The average molecular weight is 350 g/mol. The van der Waals surface area contributed by atoms with Gasteiger partial charge in [-0.05, 0) is 12.1 Å². The van der Waals surface area contributed by atoms with Crippen molar-refractivity contribution in [3.63, 3.8) is 0 Å². The van der Waals surface area contributed by atoms with Gasteiger partial charge in [-0.25, -0.2) is 0 Å². The normalized spacial score (nSPS) is 29.2. The molecule has 124 valence electrons. The van der Waals surface area contributed by atoms with E-state index in [4.69, 9.17) is 17.0 Å². The highest BCUT2D eigenvalue weighted by Gasteiger charge is 2.66. The smallest absolute Gasteiger partial charge is 0.322 e. The summed E-state index contributed by atoms with van der Waals surface area (Å²) in [7, 11) is 1.75. The van der Waals surface area contributed by atoms with Crippen LogP contribution in [0.4, 0.5) is 5.69 Å². The van der Waals surface area contributed by atoms with Gasteiger partial charge in [-0.15, -0.1) is 0 Å². The number of esters is 1. The molecule has 0 aliphatic carbocycles. The van der Waals surface area contributed by atoms with E-state index in [9.17, 15) is 9.59 Å². The minimum absolute atomic E-state index is 0.104. The molecule has 2 aromatic carbocycles. The van der Waals surface area contributed by atoms with Crippen LogP contribution >= 0.6 is 12.2 Å². The van der Waals surface area contributed by atoms with Gasteiger partial charge >= 0.3 is 5.97 Å². The average Bonchev–Trinajstić information content (AvgIpc) is 3.05. The first kappa shape index (κ1) is 14.6. The highest BCUT2D eigenvalue weighted by Crippen LogP contribution is 2.57. The van der Waals surface area contributed by atoms with Crippen LogP contribution in [0.3, 0.4) is 0 Å². The molecular weight excluding hydrogens is 336 g/mol. The second-order valence-corrected chi connectivity index (χ2v) is 7.03. The van der Waals surface area contributed by atoms with Crippen LogP contribution in [-0.2, 0) is 15.1 Å². The summed E-state index contributed by atoms with van der Waals surface area (Å²) >= 11 is 5.47. The molecule has 2 aromatic rings. The summed E-state index contributed by atoms with van der Waals surface area (Å²) in [5.41, 5.74) is 1.45. The number of rotatable bonds is 0. The summed E-state index contributed by atoms with van der Waals surface area (Å²) in [5.74, 6) is -1.09. The van der Waals surface area contributed by atoms with Gasteiger partial charge < -0.3 is 15.0 Å². The number of carbonyl (C=O) groups is 2. The molecular formula is C19H14N2O3S. The Morgan fingerprint density at radius 1 is 1.12 bits per heavy atom. The Morgan fingerprint density at radius 2 is 1.84 bits per heavy atom. The number of carbonyl (C=O) groups excluding carboxylic acids is 2. The standard InChI is InChI=1S/C19H14N2O3S/c1-21-12-8-4-3-7-11(12)19(18(21)23)15-10-6-2-5-9-13(10)24-17(22)14(15)16(25)20-19/h2-9,14-15H,1H3,(H,20,25)/t14-,15+,19-/m0/s1. The van der Waals surface area contributed by atoms with Gasteiger partial charge in [-0.3, -0.25) is 9.59 Å². The lowest BCUT2D eigenvalue weighted by Gasteiger charge is -2.34. The number of thiocarbonyl (C=S) groups is 1. The van der Waals surface area contributed by atoms with Crippen molar-refractivity contribution in [2.45, 2.75) is 11.5 Å². The summed E-state index contributed by atoms with van der Waals surface area (Å²) in [5, 5.41) is 3.22. The van der Waals surface area contributed by atoms with Crippen molar-refractivity contribution in [1.29, 1.82) is 0 Å². The monoisotopic (exact) mass is 350 g/mol. The van der Waals surface area contributed by atoms with E-state index in [0.717, 1.165) is 16.8 Å². The van der Waals surface area contributed by atoms with E-state index in [0.29, 0.717) is 10.7 Å². The third kappa shape index (κ3) is 1.60. The lowest BCUT2D eigenvalue weighted by molar-refractivity contribution is -0.139. The van der Waals surface area contributed by atoms with Crippen molar-refractivity contribution in [3.8, 4) is 5.75 Å². The molecule has 1 amide bonds. The number of hydrogen-bond donors (Lipinski definition) is 1. The number of fused-ring (bicyclic) bond motifs is 6. The predicted molar refractivity (Wildman–Crippen MR) is 95.6 cm³/mol. The first-order valence-corrected chi connectivity index (χ1v) is 8.47. The fourth-order valence-electron chi connectivity index (χ4n) is 4.42. The van der Waals surface area contributed by atoms with Crippen LogP contribution in [0.5, 0.6) is 5.75 Å². The fraction of sp³-hybridized carbons (Fsp3) is 0.211. The molecule has 1 spiro atoms. The van der Waals surface area contributed by atoms with Crippen LogP contribution in [0.2, 0.25) is 0 Å². The number of hydrogen-bond acceptors (Lipinski definition) is 4. The molecule has 5 nitrogen and oxygen atoms in total. The van der Waals surface area contributed by atoms with E-state index >= 15 is 0 Å². The van der Waals surface area contributed by atoms with Crippen LogP contribution < -0.4 is 15.0 Å². The maximum atomic E-state index is 13.4. The van der Waals surface area contributed by atoms with Gasteiger partial charge in [0.05, 0.1) is 4.99 Å². The molecule has 3 atom stereocenters. The number of nitrogens with one attached hydrogen (secondary N) is 1. The lowest BCUT2D eigenvalue weighted by Crippen LogP contribution is -2.50. The number of ether oxygens (including phenoxy) is 1. The van der Waals surface area contributed by atoms with Gasteiger partial charge in [0.1, 0.15) is 11.7 Å². The lowest BCUT2D eigenvalue weighted by atomic mass is 9.71. The third-order valence-corrected chi connectivity index (χ3v) is 5.81. The van der Waals surface area contributed by atoms with Crippen LogP contribution in [-0.4, -0.2) is 23.9 Å². The minimum Gasteiger partial charge on any atom is -0.426 e. The first-order chi connectivity index (χ1) is 12.1. The van der Waals surface area contributed by atoms with E-state index in [2.05, 4.69) is 5.32 Å². The van der Waals surface area contributed by atoms with E-state index in [1.165, 1.54) is 0 Å². The molecule has 5 rings (SSSR count). The van der Waals surface area contributed by atoms with E-state index in [1.54, 1.807) is 18.0 Å². The zero-order valence-electron chi connectivity index (χ0n) is 13.4. The van der Waals surface area contributed by atoms with Crippen LogP contribution in [0.1, 0.15) is 17.0 Å². The maximum absolute atomic E-state index is 13.4. The molecule has 0 bridgehead atoms. The molecule has 0 radical (unpaired) electrons. The molecule has 1 N–H and O–H groups in total. The number of likely N-dealkylation sites (N-methyl/N-ethyl adjacent to an activating group) is 1. The van der Waals surface area contributed by atoms with Gasteiger partial charge in [0, 0.05) is 29.8 Å². The highest BCUT2D eigenvalue weighted by molar-refractivity contribution is 7.80. The Labute approximate surface area is 149 Å². The van der Waals surface area contributed by atoms with Crippen LogP contribution in [0.15, 0.2) is 48.5 Å². The fourth-order valence-corrected chi connectivity index (χ4v) is 4.81. The summed E-state index contributed by atoms with van der Waals surface area (Å²) in [6.45, 7) is 0. The predicted octanol–water partition coefficient (Wildman–Crippen LogP) is 2.11. The second-order valence-electron chi connectivity index (χ2n) is 6.59. The largest absolute Gasteiger partial charge is 0.426 e. The van der Waals surface area contributed by atoms with Crippen molar-refractivity contribution in [2.75, 3.05) is 11.9 Å². The van der Waals surface area contributed by atoms with E-state index in [1.807, 2.05) is 42.5 Å². The van der Waals surface area contributed by atoms with Gasteiger partial charge in [-0.2, -0.15) is 0 Å². The molecule has 1 saturated heterocycles. The van der Waals surface area contributed by atoms with Crippen LogP contribution in [0, 0.1) is 5.92 Å². The Hall–Kier alpha value is -2.73. The molecule has 0 saturated carbocycles. The summed E-state index contributed by atoms with van der Waals surface area (Å²) in [6.07, 6.45) is 0. The van der Waals surface area contributed by atoms with E-state index in [-0.39, 0.29) is 5.91 Å². The highest BCUT2D eigenvalue weighted by atomic mass is 32.1. The Morgan fingerprint density at radius 3 is 2.68 bits per heavy atom. The molecule has 1 fully saturated rings. The van der Waals surface area contributed by atoms with E-state index < -0.39 is 23.3 Å². The van der Waals surface area contributed by atoms with Crippen molar-refractivity contribution < 1.29 is 14.3 Å². The summed E-state index contributed by atoms with van der Waals surface area (Å²) < 4.78 is 5.48. The molecule has 3 aliphatic rings. The van der Waals surface area contributed by atoms with Gasteiger partial charge in [0.25, 0.3) is 5.91 Å². The number of para-hydroxylation sites is 2. The number of nitrogens with zero attached hydrogens (tertiary/aromatic N) is 1. The number of amides is 1. The SMILES string of the molecule is CN1C(=O)[C@]2(NC(=S)[C@H]3C(=O)Oc4ccccc4[C@H]32)c2ccccc21. The van der Waals surface area contributed by atoms with Gasteiger partial charge in [0.2, 0.25) is 0 Å². The maximum Gasteiger partial charge on any atom is 0.322 e. The minimum atomic E-state index is -1.07. The van der Waals surface area contributed by atoms with Crippen molar-refractivity contribution in [3.05, 3.63) is 59.7 Å². The van der Waals surface area contributed by atoms with Crippen molar-refractivity contribution in [2.24, 2.45) is 5.92 Å². The quantitative estimate of drug-likeness (QED) is 0.448. The third-order valence-electron chi connectivity index (χ3n) is 5.45. The molecule has 25 heavy (non-hydrogen) atoms. The molecule has 3 heterocycles. The summed E-state index contributed by atoms with van der Waals surface area (Å²) in [6, 6.07) is 15.0. The Balaban J connectivity index is 1.84. The Kier molecular flexibility index (Phi) is 2.73. The second kappa shape index (κ2) is 4.67. The molecule has 0 unspecified atom stereocenters. The van der Waals surface area contributed by atoms with Crippen LogP contribution in [0.25, 0.3) is 0 Å². The van der Waals surface area contributed by atoms with Gasteiger partial charge in [0.15, 0.2) is 5.54 Å². The Bertz CT molecular complexity index is 973. The number of anilines is 1. The van der Waals surface area contributed by atoms with Gasteiger partial charge in [-0.1, -0.05) is 48.6 Å². The molecule has 6 heteroatoms. The van der Waals surface area contributed by atoms with Crippen molar-refractivity contribution >= 4 is 34.8 Å². The zero-order valence-corrected chi connectivity index (χ0v) is 14.2. The molecule has 3 aliphatic heterocycles. The number of benzene rings is 2. The first-order valence-electron chi connectivity index (χ1n) is 8.06. The zero-order chi connectivity index (χ0) is 17.3. The topological polar surface area (TPSA) is 58.6 Å². The summed E-state index contributed by atoms with van der Waals surface area (Å²) in [4.78, 5) is 28.0. The molecule has 0 aromatic heterocycles. The van der Waals surface area contributed by atoms with Crippen molar-refractivity contribution in [1.82, 2.24) is 5.32 Å².